The number of rotatable bonds is 2. The number of pyridine rings is 1. The van der Waals surface area contributed by atoms with E-state index in [2.05, 4.69) is 46.6 Å². The van der Waals surface area contributed by atoms with Gasteiger partial charge in [-0.3, -0.25) is 0 Å². The zero-order valence-electron chi connectivity index (χ0n) is 13.1. The van der Waals surface area contributed by atoms with Crippen LogP contribution in [-0.2, 0) is 11.3 Å². The number of ether oxygens (including phenoxy) is 2. The molecule has 1 N–H and O–H groups in total. The van der Waals surface area contributed by atoms with E-state index in [9.17, 15) is 0 Å². The summed E-state index contributed by atoms with van der Waals surface area (Å²) in [5, 5.41) is 3.33. The molecule has 5 nitrogen and oxygen atoms in total. The Labute approximate surface area is 136 Å². The third-order valence-electron chi connectivity index (χ3n) is 4.32. The summed E-state index contributed by atoms with van der Waals surface area (Å²) in [5.74, 6) is 1.73. The summed E-state index contributed by atoms with van der Waals surface area (Å²) < 4.78 is 11.7. The fraction of sp³-hybridized carbons (Fsp3) is 0.389. The van der Waals surface area contributed by atoms with Gasteiger partial charge in [-0.1, -0.05) is 30.3 Å². The standard InChI is InChI=1S/C18H21N3O2/c1-2-4-14(5-3-1)16-13-21(9-11-22-16)17-7-6-15-12-19-8-10-23-18(15)20-17/h1-7,16,19H,8-13H2. The number of morpholine rings is 1. The van der Waals surface area contributed by atoms with E-state index in [1.54, 1.807) is 0 Å². The maximum atomic E-state index is 5.94. The lowest BCUT2D eigenvalue weighted by Gasteiger charge is -2.34. The lowest BCUT2D eigenvalue weighted by molar-refractivity contribution is 0.0395. The Hall–Kier alpha value is -2.11. The van der Waals surface area contributed by atoms with Gasteiger partial charge >= 0.3 is 0 Å². The van der Waals surface area contributed by atoms with Gasteiger partial charge in [-0.2, -0.15) is 4.98 Å². The van der Waals surface area contributed by atoms with Gasteiger partial charge in [-0.25, -0.2) is 0 Å². The summed E-state index contributed by atoms with van der Waals surface area (Å²) in [6.07, 6.45) is 0.0909. The molecule has 2 aromatic rings. The van der Waals surface area contributed by atoms with Crippen LogP contribution < -0.4 is 15.0 Å². The van der Waals surface area contributed by atoms with Gasteiger partial charge in [0.05, 0.1) is 6.61 Å². The van der Waals surface area contributed by atoms with Gasteiger partial charge < -0.3 is 19.7 Å². The topological polar surface area (TPSA) is 46.6 Å². The van der Waals surface area contributed by atoms with E-state index in [0.29, 0.717) is 13.2 Å². The summed E-state index contributed by atoms with van der Waals surface area (Å²) in [4.78, 5) is 7.01. The van der Waals surface area contributed by atoms with Gasteiger partial charge in [0.1, 0.15) is 18.5 Å². The number of anilines is 1. The lowest BCUT2D eigenvalue weighted by atomic mass is 10.1. The number of aromatic nitrogens is 1. The highest BCUT2D eigenvalue weighted by Crippen LogP contribution is 2.27. The minimum Gasteiger partial charge on any atom is -0.476 e. The monoisotopic (exact) mass is 311 g/mol. The zero-order valence-corrected chi connectivity index (χ0v) is 13.1. The summed E-state index contributed by atoms with van der Waals surface area (Å²) >= 11 is 0. The van der Waals surface area contributed by atoms with E-state index in [1.807, 2.05) is 6.07 Å². The Morgan fingerprint density at radius 2 is 2.00 bits per heavy atom. The molecule has 120 valence electrons. The second-order valence-electron chi connectivity index (χ2n) is 5.88. The van der Waals surface area contributed by atoms with Crippen molar-refractivity contribution in [1.82, 2.24) is 10.3 Å². The van der Waals surface area contributed by atoms with Crippen LogP contribution in [0.4, 0.5) is 5.82 Å². The van der Waals surface area contributed by atoms with E-state index >= 15 is 0 Å². The smallest absolute Gasteiger partial charge is 0.219 e. The Kier molecular flexibility index (Phi) is 4.13. The van der Waals surface area contributed by atoms with Crippen LogP contribution >= 0.6 is 0 Å². The molecule has 0 saturated carbocycles. The first kappa shape index (κ1) is 14.5. The van der Waals surface area contributed by atoms with Crippen LogP contribution in [0.25, 0.3) is 0 Å². The van der Waals surface area contributed by atoms with E-state index in [-0.39, 0.29) is 6.10 Å². The molecule has 1 aromatic carbocycles. The van der Waals surface area contributed by atoms with Gasteiger partial charge in [-0.05, 0) is 17.7 Å². The van der Waals surface area contributed by atoms with Gasteiger partial charge in [0, 0.05) is 31.7 Å². The largest absolute Gasteiger partial charge is 0.476 e. The fourth-order valence-corrected chi connectivity index (χ4v) is 3.06. The first-order chi connectivity index (χ1) is 11.4. The second-order valence-corrected chi connectivity index (χ2v) is 5.88. The summed E-state index contributed by atoms with van der Waals surface area (Å²) in [5.41, 5.74) is 2.34. The third-order valence-corrected chi connectivity index (χ3v) is 4.32. The average molecular weight is 311 g/mol. The van der Waals surface area contributed by atoms with Crippen LogP contribution in [0.3, 0.4) is 0 Å². The molecule has 2 aliphatic heterocycles. The van der Waals surface area contributed by atoms with E-state index in [0.717, 1.165) is 43.4 Å². The highest BCUT2D eigenvalue weighted by atomic mass is 16.5. The zero-order chi connectivity index (χ0) is 15.5. The average Bonchev–Trinajstić information content (AvgIpc) is 2.87. The predicted molar refractivity (Wildman–Crippen MR) is 88.8 cm³/mol. The molecule has 1 unspecified atom stereocenters. The summed E-state index contributed by atoms with van der Waals surface area (Å²) in [6, 6.07) is 14.6. The van der Waals surface area contributed by atoms with Crippen molar-refractivity contribution in [2.75, 3.05) is 37.7 Å². The number of hydrogen-bond donors (Lipinski definition) is 1. The van der Waals surface area contributed by atoms with Gasteiger partial charge in [0.2, 0.25) is 5.88 Å². The van der Waals surface area contributed by atoms with Crippen LogP contribution in [0.5, 0.6) is 5.88 Å². The van der Waals surface area contributed by atoms with Crippen molar-refractivity contribution in [3.63, 3.8) is 0 Å². The van der Waals surface area contributed by atoms with Crippen LogP contribution in [0.1, 0.15) is 17.2 Å². The second kappa shape index (κ2) is 6.56. The summed E-state index contributed by atoms with van der Waals surface area (Å²) in [7, 11) is 0. The van der Waals surface area contributed by atoms with Crippen molar-refractivity contribution in [3.05, 3.63) is 53.6 Å². The van der Waals surface area contributed by atoms with E-state index in [1.165, 1.54) is 5.56 Å². The first-order valence-electron chi connectivity index (χ1n) is 8.15. The SMILES string of the molecule is c1ccc(C2CN(c3ccc4c(n3)OCCNC4)CCO2)cc1. The molecular formula is C18H21N3O2. The molecule has 0 aliphatic carbocycles. The fourth-order valence-electron chi connectivity index (χ4n) is 3.06. The quantitative estimate of drug-likeness (QED) is 0.921. The maximum Gasteiger partial charge on any atom is 0.219 e. The first-order valence-corrected chi connectivity index (χ1v) is 8.15. The normalized spacial score (nSPS) is 21.2. The van der Waals surface area contributed by atoms with Crippen molar-refractivity contribution in [3.8, 4) is 5.88 Å². The van der Waals surface area contributed by atoms with Gasteiger partial charge in [-0.15, -0.1) is 0 Å². The van der Waals surface area contributed by atoms with Crippen LogP contribution in [0.15, 0.2) is 42.5 Å². The number of benzene rings is 1. The third kappa shape index (κ3) is 3.16. The molecule has 1 fully saturated rings. The Morgan fingerprint density at radius 3 is 2.91 bits per heavy atom. The van der Waals surface area contributed by atoms with Crippen molar-refractivity contribution in [2.45, 2.75) is 12.6 Å². The Morgan fingerprint density at radius 1 is 1.09 bits per heavy atom. The Balaban J connectivity index is 1.54. The molecule has 1 saturated heterocycles. The van der Waals surface area contributed by atoms with Crippen LogP contribution in [0, 0.1) is 0 Å². The molecule has 0 amide bonds. The van der Waals surface area contributed by atoms with Crippen LogP contribution in [0.2, 0.25) is 0 Å². The summed E-state index contributed by atoms with van der Waals surface area (Å²) in [6.45, 7) is 4.72. The number of fused-ring (bicyclic) bond motifs is 1. The molecule has 23 heavy (non-hydrogen) atoms. The molecule has 0 bridgehead atoms. The maximum absolute atomic E-state index is 5.94. The predicted octanol–water partition coefficient (Wildman–Crippen LogP) is 2.14. The minimum atomic E-state index is 0.0909. The van der Waals surface area contributed by atoms with Gasteiger partial charge in [0.15, 0.2) is 0 Å². The Bertz CT molecular complexity index is 663. The molecule has 4 rings (SSSR count). The highest BCUT2D eigenvalue weighted by Gasteiger charge is 2.23. The molecule has 5 heteroatoms. The molecular weight excluding hydrogens is 290 g/mol. The molecule has 0 radical (unpaired) electrons. The molecule has 1 aromatic heterocycles. The van der Waals surface area contributed by atoms with E-state index in [4.69, 9.17) is 14.5 Å². The number of nitrogens with zero attached hydrogens (tertiary/aromatic N) is 2. The molecule has 1 atom stereocenters. The van der Waals surface area contributed by atoms with Crippen molar-refractivity contribution < 1.29 is 9.47 Å². The molecule has 2 aliphatic rings. The highest BCUT2D eigenvalue weighted by molar-refractivity contribution is 5.45. The van der Waals surface area contributed by atoms with Crippen LogP contribution in [-0.4, -0.2) is 37.8 Å². The number of hydrogen-bond acceptors (Lipinski definition) is 5. The number of nitrogens with one attached hydrogen (secondary N) is 1. The van der Waals surface area contributed by atoms with Crippen molar-refractivity contribution in [2.24, 2.45) is 0 Å². The van der Waals surface area contributed by atoms with Crippen molar-refractivity contribution in [1.29, 1.82) is 0 Å². The lowest BCUT2D eigenvalue weighted by Crippen LogP contribution is -2.38. The minimum absolute atomic E-state index is 0.0909. The van der Waals surface area contributed by atoms with Gasteiger partial charge in [0.25, 0.3) is 0 Å². The molecule has 0 spiro atoms. The van der Waals surface area contributed by atoms with E-state index < -0.39 is 0 Å². The molecule has 3 heterocycles. The van der Waals surface area contributed by atoms with Crippen molar-refractivity contribution >= 4 is 5.82 Å².